The van der Waals surface area contributed by atoms with Gasteiger partial charge in [0.15, 0.2) is 0 Å². The second-order valence-electron chi connectivity index (χ2n) is 4.05. The fourth-order valence-electron chi connectivity index (χ4n) is 1.68. The number of aryl methyl sites for hydroxylation is 1. The van der Waals surface area contributed by atoms with Crippen molar-refractivity contribution in [3.8, 4) is 0 Å². The Labute approximate surface area is 125 Å². The molecule has 0 unspecified atom stereocenters. The molecule has 0 aliphatic rings. The molecule has 20 heavy (non-hydrogen) atoms. The van der Waals surface area contributed by atoms with Gasteiger partial charge in [-0.15, -0.1) is 11.3 Å². The van der Waals surface area contributed by atoms with E-state index in [1.807, 2.05) is 6.92 Å². The zero-order valence-corrected chi connectivity index (χ0v) is 12.2. The maximum Gasteiger partial charge on any atom is 0.338 e. The maximum atomic E-state index is 12.1. The van der Waals surface area contributed by atoms with Gasteiger partial charge >= 0.3 is 5.97 Å². The van der Waals surface area contributed by atoms with Crippen LogP contribution in [0.4, 0.5) is 5.00 Å². The van der Waals surface area contributed by atoms with Gasteiger partial charge in [0.2, 0.25) is 0 Å². The summed E-state index contributed by atoms with van der Waals surface area (Å²) in [6.07, 6.45) is 0.715. The Morgan fingerprint density at radius 2 is 2.00 bits per heavy atom. The van der Waals surface area contributed by atoms with Crippen molar-refractivity contribution in [1.29, 1.82) is 0 Å². The minimum absolute atomic E-state index is 0.104. The van der Waals surface area contributed by atoms with E-state index in [1.165, 1.54) is 11.3 Å². The van der Waals surface area contributed by atoms with E-state index in [0.717, 1.165) is 4.88 Å². The number of nitrogens with one attached hydrogen (secondary N) is 1. The highest BCUT2D eigenvalue weighted by Gasteiger charge is 2.18. The average Bonchev–Trinajstić information content (AvgIpc) is 2.82. The predicted molar refractivity (Wildman–Crippen MR) is 80.1 cm³/mol. The Bertz CT molecular complexity index is 666. The topological polar surface area (TPSA) is 66.4 Å². The average molecular weight is 310 g/mol. The lowest BCUT2D eigenvalue weighted by molar-refractivity contribution is 0.0698. The molecule has 0 aliphatic heterocycles. The lowest BCUT2D eigenvalue weighted by Crippen LogP contribution is -2.13. The molecular formula is C14H12ClNO3S. The van der Waals surface area contributed by atoms with Gasteiger partial charge in [-0.2, -0.15) is 0 Å². The fraction of sp³-hybridized carbons (Fsp3) is 0.143. The van der Waals surface area contributed by atoms with Crippen molar-refractivity contribution >= 4 is 39.8 Å². The quantitative estimate of drug-likeness (QED) is 0.899. The molecule has 1 aromatic carbocycles. The van der Waals surface area contributed by atoms with Crippen molar-refractivity contribution in [2.75, 3.05) is 5.32 Å². The van der Waals surface area contributed by atoms with Crippen molar-refractivity contribution in [2.24, 2.45) is 0 Å². The van der Waals surface area contributed by atoms with Crippen LogP contribution >= 0.6 is 22.9 Å². The number of amides is 1. The smallest absolute Gasteiger partial charge is 0.338 e. The van der Waals surface area contributed by atoms with E-state index in [1.54, 1.807) is 30.3 Å². The summed E-state index contributed by atoms with van der Waals surface area (Å²) in [4.78, 5) is 24.2. The first kappa shape index (κ1) is 14.6. The molecule has 0 saturated carbocycles. The lowest BCUT2D eigenvalue weighted by Gasteiger charge is -2.05. The second kappa shape index (κ2) is 6.07. The number of thiophene rings is 1. The van der Waals surface area contributed by atoms with Crippen molar-refractivity contribution in [3.63, 3.8) is 0 Å². The SMILES string of the molecule is CCc1cc(C(=O)O)c(NC(=O)c2ccccc2Cl)s1. The molecule has 104 valence electrons. The number of rotatable bonds is 4. The van der Waals surface area contributed by atoms with Crippen LogP contribution in [0.2, 0.25) is 5.02 Å². The van der Waals surface area contributed by atoms with Crippen LogP contribution in [0.1, 0.15) is 32.5 Å². The Morgan fingerprint density at radius 3 is 2.60 bits per heavy atom. The van der Waals surface area contributed by atoms with Crippen LogP contribution in [0.5, 0.6) is 0 Å². The first-order chi connectivity index (χ1) is 9.52. The number of carbonyl (C=O) groups excluding carboxylic acids is 1. The van der Waals surface area contributed by atoms with Crippen molar-refractivity contribution in [3.05, 3.63) is 51.4 Å². The minimum Gasteiger partial charge on any atom is -0.478 e. The van der Waals surface area contributed by atoms with Crippen LogP contribution in [0.25, 0.3) is 0 Å². The molecule has 0 fully saturated rings. The summed E-state index contributed by atoms with van der Waals surface area (Å²) < 4.78 is 0. The first-order valence-corrected chi connectivity index (χ1v) is 7.14. The third-order valence-corrected chi connectivity index (χ3v) is 4.23. The number of hydrogen-bond donors (Lipinski definition) is 2. The molecule has 0 saturated heterocycles. The van der Waals surface area contributed by atoms with Crippen molar-refractivity contribution in [2.45, 2.75) is 13.3 Å². The highest BCUT2D eigenvalue weighted by molar-refractivity contribution is 7.16. The van der Waals surface area contributed by atoms with E-state index in [0.29, 0.717) is 22.0 Å². The molecule has 0 atom stereocenters. The normalized spacial score (nSPS) is 10.3. The number of carbonyl (C=O) groups is 2. The van der Waals surface area contributed by atoms with E-state index in [2.05, 4.69) is 5.32 Å². The van der Waals surface area contributed by atoms with Crippen LogP contribution in [-0.4, -0.2) is 17.0 Å². The van der Waals surface area contributed by atoms with E-state index in [-0.39, 0.29) is 5.56 Å². The summed E-state index contributed by atoms with van der Waals surface area (Å²) in [6.45, 7) is 1.93. The summed E-state index contributed by atoms with van der Waals surface area (Å²) in [5, 5.41) is 12.4. The van der Waals surface area contributed by atoms with E-state index >= 15 is 0 Å². The van der Waals surface area contributed by atoms with Gasteiger partial charge in [0.1, 0.15) is 5.00 Å². The standard InChI is InChI=1S/C14H12ClNO3S/c1-2-8-7-10(14(18)19)13(20-8)16-12(17)9-5-3-4-6-11(9)15/h3-7H,2H2,1H3,(H,16,17)(H,18,19). The molecule has 0 spiro atoms. The van der Waals surface area contributed by atoms with Crippen molar-refractivity contribution < 1.29 is 14.7 Å². The molecule has 2 aromatic rings. The van der Waals surface area contributed by atoms with Crippen molar-refractivity contribution in [1.82, 2.24) is 0 Å². The molecule has 6 heteroatoms. The summed E-state index contributed by atoms with van der Waals surface area (Å²) in [6, 6.07) is 8.20. The highest BCUT2D eigenvalue weighted by atomic mass is 35.5. The summed E-state index contributed by atoms with van der Waals surface area (Å²) >= 11 is 7.21. The van der Waals surface area contributed by atoms with Gasteiger partial charge in [0.25, 0.3) is 5.91 Å². The Hall–Kier alpha value is -1.85. The molecule has 0 aliphatic carbocycles. The lowest BCUT2D eigenvalue weighted by atomic mass is 10.2. The highest BCUT2D eigenvalue weighted by Crippen LogP contribution is 2.29. The number of benzene rings is 1. The Morgan fingerprint density at radius 1 is 1.30 bits per heavy atom. The number of carboxylic acid groups (broad SMARTS) is 1. The van der Waals surface area contributed by atoms with E-state index in [4.69, 9.17) is 16.7 Å². The molecule has 2 N–H and O–H groups in total. The molecular weight excluding hydrogens is 298 g/mol. The third kappa shape index (κ3) is 3.00. The maximum absolute atomic E-state index is 12.1. The van der Waals surface area contributed by atoms with Crippen LogP contribution in [0, 0.1) is 0 Å². The third-order valence-electron chi connectivity index (χ3n) is 2.71. The van der Waals surface area contributed by atoms with Gasteiger partial charge in [-0.05, 0) is 24.6 Å². The van der Waals surface area contributed by atoms with Gasteiger partial charge in [0, 0.05) is 4.88 Å². The van der Waals surface area contributed by atoms with Gasteiger partial charge in [0.05, 0.1) is 16.1 Å². The van der Waals surface area contributed by atoms with Crippen LogP contribution in [0.15, 0.2) is 30.3 Å². The van der Waals surface area contributed by atoms with Crippen LogP contribution in [-0.2, 0) is 6.42 Å². The van der Waals surface area contributed by atoms with Crippen LogP contribution in [0.3, 0.4) is 0 Å². The zero-order valence-electron chi connectivity index (χ0n) is 10.6. The summed E-state index contributed by atoms with van der Waals surface area (Å²) in [7, 11) is 0. The molecule has 1 aromatic heterocycles. The van der Waals surface area contributed by atoms with Gasteiger partial charge in [-0.3, -0.25) is 4.79 Å². The first-order valence-electron chi connectivity index (χ1n) is 5.94. The fourth-order valence-corrected chi connectivity index (χ4v) is 2.89. The Kier molecular flexibility index (Phi) is 4.42. The molecule has 4 nitrogen and oxygen atoms in total. The largest absolute Gasteiger partial charge is 0.478 e. The minimum atomic E-state index is -1.06. The number of halogens is 1. The van der Waals surface area contributed by atoms with Gasteiger partial charge in [-0.25, -0.2) is 4.79 Å². The molecule has 0 radical (unpaired) electrons. The monoisotopic (exact) mass is 309 g/mol. The van der Waals surface area contributed by atoms with Crippen LogP contribution < -0.4 is 5.32 Å². The van der Waals surface area contributed by atoms with Gasteiger partial charge in [-0.1, -0.05) is 30.7 Å². The number of hydrogen-bond acceptors (Lipinski definition) is 3. The van der Waals surface area contributed by atoms with E-state index in [9.17, 15) is 9.59 Å². The molecule has 1 amide bonds. The second-order valence-corrected chi connectivity index (χ2v) is 5.59. The number of aromatic carboxylic acids is 1. The molecule has 2 rings (SSSR count). The summed E-state index contributed by atoms with van der Waals surface area (Å²) in [5.74, 6) is -1.47. The van der Waals surface area contributed by atoms with E-state index < -0.39 is 11.9 Å². The summed E-state index contributed by atoms with van der Waals surface area (Å²) in [5.41, 5.74) is 0.421. The number of anilines is 1. The molecule has 0 bridgehead atoms. The molecule has 1 heterocycles. The zero-order chi connectivity index (χ0) is 14.7. The predicted octanol–water partition coefficient (Wildman–Crippen LogP) is 3.91. The Balaban J connectivity index is 2.30. The van der Waals surface area contributed by atoms with Gasteiger partial charge < -0.3 is 10.4 Å². The number of carboxylic acids is 1.